The molecule has 1 atom stereocenters. The molecule has 0 bridgehead atoms. The molecule has 2 N–H and O–H groups in total. The SMILES string of the molecule is CNC(=O)C(C)CN(C)c1cc(C(=O)O)cc(C(C)C)n1. The molecule has 1 rings (SSSR count). The Hall–Kier alpha value is -2.11. The van der Waals surface area contributed by atoms with E-state index in [1.54, 1.807) is 25.1 Å². The summed E-state index contributed by atoms with van der Waals surface area (Å²) >= 11 is 0. The number of nitrogens with zero attached hydrogens (tertiary/aromatic N) is 2. The smallest absolute Gasteiger partial charge is 0.335 e. The third-order valence-electron chi connectivity index (χ3n) is 3.30. The second-order valence-electron chi connectivity index (χ2n) is 5.49. The minimum absolute atomic E-state index is 0.0553. The maximum absolute atomic E-state index is 11.6. The zero-order valence-electron chi connectivity index (χ0n) is 13.2. The molecule has 116 valence electrons. The third-order valence-corrected chi connectivity index (χ3v) is 3.30. The van der Waals surface area contributed by atoms with E-state index in [-0.39, 0.29) is 23.3 Å². The summed E-state index contributed by atoms with van der Waals surface area (Å²) in [6.45, 7) is 6.21. The van der Waals surface area contributed by atoms with Gasteiger partial charge in [0.05, 0.1) is 11.5 Å². The fourth-order valence-corrected chi connectivity index (χ4v) is 1.99. The number of aromatic carboxylic acids is 1. The molecule has 1 heterocycles. The largest absolute Gasteiger partial charge is 0.478 e. The summed E-state index contributed by atoms with van der Waals surface area (Å²) in [5, 5.41) is 11.8. The Morgan fingerprint density at radius 3 is 2.43 bits per heavy atom. The van der Waals surface area contributed by atoms with Gasteiger partial charge in [0, 0.05) is 26.3 Å². The van der Waals surface area contributed by atoms with Crippen molar-refractivity contribution in [1.29, 1.82) is 0 Å². The van der Waals surface area contributed by atoms with Gasteiger partial charge in [-0.2, -0.15) is 0 Å². The molecule has 6 nitrogen and oxygen atoms in total. The van der Waals surface area contributed by atoms with Crippen LogP contribution in [0.15, 0.2) is 12.1 Å². The molecule has 0 radical (unpaired) electrons. The highest BCUT2D eigenvalue weighted by Gasteiger charge is 2.17. The van der Waals surface area contributed by atoms with Gasteiger partial charge in [-0.1, -0.05) is 20.8 Å². The Morgan fingerprint density at radius 2 is 1.95 bits per heavy atom. The predicted molar refractivity (Wildman–Crippen MR) is 81.8 cm³/mol. The van der Waals surface area contributed by atoms with Crippen LogP contribution in [-0.4, -0.2) is 42.6 Å². The number of rotatable bonds is 6. The summed E-state index contributed by atoms with van der Waals surface area (Å²) in [5.41, 5.74) is 0.937. The number of anilines is 1. The minimum atomic E-state index is -0.978. The number of hydrogen-bond donors (Lipinski definition) is 2. The Morgan fingerprint density at radius 1 is 1.33 bits per heavy atom. The lowest BCUT2D eigenvalue weighted by molar-refractivity contribution is -0.123. The van der Waals surface area contributed by atoms with Crippen LogP contribution >= 0.6 is 0 Å². The highest BCUT2D eigenvalue weighted by Crippen LogP contribution is 2.20. The summed E-state index contributed by atoms with van der Waals surface area (Å²) < 4.78 is 0. The molecule has 0 aliphatic rings. The fraction of sp³-hybridized carbons (Fsp3) is 0.533. The molecule has 0 saturated heterocycles. The van der Waals surface area contributed by atoms with E-state index in [0.29, 0.717) is 12.4 Å². The summed E-state index contributed by atoms with van der Waals surface area (Å²) in [6.07, 6.45) is 0. The molecule has 0 aliphatic heterocycles. The average Bonchev–Trinajstić information content (AvgIpc) is 2.45. The van der Waals surface area contributed by atoms with E-state index in [1.165, 1.54) is 6.07 Å². The standard InChI is InChI=1S/C15H23N3O3/c1-9(2)12-6-11(15(20)21)7-13(17-12)18(5)8-10(3)14(19)16-4/h6-7,9-10H,8H2,1-5H3,(H,16,19)(H,20,21). The van der Waals surface area contributed by atoms with E-state index in [1.807, 2.05) is 20.8 Å². The van der Waals surface area contributed by atoms with E-state index in [9.17, 15) is 14.7 Å². The summed E-state index contributed by atoms with van der Waals surface area (Å²) in [4.78, 5) is 29.1. The van der Waals surface area contributed by atoms with Crippen LogP contribution in [0.25, 0.3) is 0 Å². The number of nitrogens with one attached hydrogen (secondary N) is 1. The average molecular weight is 293 g/mol. The quantitative estimate of drug-likeness (QED) is 0.834. The van der Waals surface area contributed by atoms with Crippen LogP contribution < -0.4 is 10.2 Å². The number of carbonyl (C=O) groups excluding carboxylic acids is 1. The van der Waals surface area contributed by atoms with Crippen LogP contribution in [0.1, 0.15) is 42.7 Å². The van der Waals surface area contributed by atoms with Crippen LogP contribution in [0, 0.1) is 5.92 Å². The number of carboxylic acid groups (broad SMARTS) is 1. The Kier molecular flexibility index (Phi) is 5.69. The van der Waals surface area contributed by atoms with Gasteiger partial charge in [-0.05, 0) is 18.1 Å². The molecular formula is C15H23N3O3. The molecule has 1 aromatic rings. The van der Waals surface area contributed by atoms with Gasteiger partial charge in [-0.15, -0.1) is 0 Å². The van der Waals surface area contributed by atoms with Crippen molar-refractivity contribution in [3.05, 3.63) is 23.4 Å². The van der Waals surface area contributed by atoms with Crippen molar-refractivity contribution < 1.29 is 14.7 Å². The normalized spacial score (nSPS) is 12.1. The predicted octanol–water partition coefficient (Wildman–Crippen LogP) is 1.72. The van der Waals surface area contributed by atoms with Gasteiger partial charge in [0.15, 0.2) is 0 Å². The second-order valence-corrected chi connectivity index (χ2v) is 5.49. The molecular weight excluding hydrogens is 270 g/mol. The van der Waals surface area contributed by atoms with Gasteiger partial charge >= 0.3 is 5.97 Å². The maximum Gasteiger partial charge on any atom is 0.335 e. The zero-order chi connectivity index (χ0) is 16.2. The number of pyridine rings is 1. The maximum atomic E-state index is 11.6. The highest BCUT2D eigenvalue weighted by molar-refractivity contribution is 5.88. The van der Waals surface area contributed by atoms with Crippen molar-refractivity contribution in [2.45, 2.75) is 26.7 Å². The lowest BCUT2D eigenvalue weighted by atomic mass is 10.1. The van der Waals surface area contributed by atoms with Crippen molar-refractivity contribution in [1.82, 2.24) is 10.3 Å². The molecule has 0 fully saturated rings. The van der Waals surface area contributed by atoms with Gasteiger partial charge in [-0.25, -0.2) is 9.78 Å². The van der Waals surface area contributed by atoms with E-state index < -0.39 is 5.97 Å². The minimum Gasteiger partial charge on any atom is -0.478 e. The van der Waals surface area contributed by atoms with Gasteiger partial charge in [0.1, 0.15) is 5.82 Å². The van der Waals surface area contributed by atoms with Crippen LogP contribution in [0.3, 0.4) is 0 Å². The summed E-state index contributed by atoms with van der Waals surface area (Å²) in [7, 11) is 3.40. The van der Waals surface area contributed by atoms with Crippen LogP contribution in [0.5, 0.6) is 0 Å². The fourth-order valence-electron chi connectivity index (χ4n) is 1.99. The molecule has 1 unspecified atom stereocenters. The van der Waals surface area contributed by atoms with Crippen LogP contribution in [0.4, 0.5) is 5.82 Å². The molecule has 6 heteroatoms. The lowest BCUT2D eigenvalue weighted by Crippen LogP contribution is -2.34. The number of carboxylic acids is 1. The number of hydrogen-bond acceptors (Lipinski definition) is 4. The third kappa shape index (κ3) is 4.44. The molecule has 0 spiro atoms. The Bertz CT molecular complexity index is 529. The van der Waals surface area contributed by atoms with Gasteiger partial charge in [0.2, 0.25) is 5.91 Å². The molecule has 1 aromatic heterocycles. The first-order valence-corrected chi connectivity index (χ1v) is 6.94. The Balaban J connectivity index is 3.05. The molecule has 1 amide bonds. The Labute approximate surface area is 125 Å². The second kappa shape index (κ2) is 7.06. The number of aromatic nitrogens is 1. The summed E-state index contributed by atoms with van der Waals surface area (Å²) in [5.74, 6) is -0.548. The number of carbonyl (C=O) groups is 2. The van der Waals surface area contributed by atoms with Crippen molar-refractivity contribution >= 4 is 17.7 Å². The van der Waals surface area contributed by atoms with E-state index in [2.05, 4.69) is 10.3 Å². The monoisotopic (exact) mass is 293 g/mol. The van der Waals surface area contributed by atoms with Crippen molar-refractivity contribution in [2.75, 3.05) is 25.5 Å². The van der Waals surface area contributed by atoms with Gasteiger partial charge in [-0.3, -0.25) is 4.79 Å². The van der Waals surface area contributed by atoms with Crippen LogP contribution in [-0.2, 0) is 4.79 Å². The summed E-state index contributed by atoms with van der Waals surface area (Å²) in [6, 6.07) is 3.12. The van der Waals surface area contributed by atoms with Crippen LogP contribution in [0.2, 0.25) is 0 Å². The number of amides is 1. The van der Waals surface area contributed by atoms with Crippen molar-refractivity contribution in [2.24, 2.45) is 5.92 Å². The first-order chi connectivity index (χ1) is 9.76. The molecule has 0 saturated carbocycles. The molecule has 0 aromatic carbocycles. The van der Waals surface area contributed by atoms with Gasteiger partial charge in [0.25, 0.3) is 0 Å². The molecule has 21 heavy (non-hydrogen) atoms. The lowest BCUT2D eigenvalue weighted by Gasteiger charge is -2.23. The first-order valence-electron chi connectivity index (χ1n) is 6.94. The first kappa shape index (κ1) is 16.9. The van der Waals surface area contributed by atoms with E-state index >= 15 is 0 Å². The molecule has 0 aliphatic carbocycles. The van der Waals surface area contributed by atoms with E-state index in [4.69, 9.17) is 0 Å². The van der Waals surface area contributed by atoms with Gasteiger partial charge < -0.3 is 15.3 Å². The zero-order valence-corrected chi connectivity index (χ0v) is 13.2. The van der Waals surface area contributed by atoms with Crippen molar-refractivity contribution in [3.8, 4) is 0 Å². The van der Waals surface area contributed by atoms with E-state index in [0.717, 1.165) is 5.69 Å². The van der Waals surface area contributed by atoms with Crippen molar-refractivity contribution in [3.63, 3.8) is 0 Å². The highest BCUT2D eigenvalue weighted by atomic mass is 16.4. The topological polar surface area (TPSA) is 82.5 Å².